The van der Waals surface area contributed by atoms with Gasteiger partial charge in [-0.3, -0.25) is 0 Å². The van der Waals surface area contributed by atoms with E-state index in [0.717, 1.165) is 5.56 Å². The van der Waals surface area contributed by atoms with Crippen LogP contribution in [-0.2, 0) is 22.4 Å². The second-order valence-corrected chi connectivity index (χ2v) is 7.48. The predicted octanol–water partition coefficient (Wildman–Crippen LogP) is 1.77. The lowest BCUT2D eigenvalue weighted by molar-refractivity contribution is -0.194. The summed E-state index contributed by atoms with van der Waals surface area (Å²) in [5.74, 6) is -5.99. The molecule has 0 bridgehead atoms. The largest absolute Gasteiger partial charge is 0.475 e. The summed E-state index contributed by atoms with van der Waals surface area (Å²) in [6.07, 6.45) is 0.371. The molecule has 4 N–H and O–H groups in total. The quantitative estimate of drug-likeness (QED) is 0.522. The Hall–Kier alpha value is -2.81. The lowest BCUT2D eigenvalue weighted by Gasteiger charge is -2.18. The van der Waals surface area contributed by atoms with E-state index in [1.54, 1.807) is 30.3 Å². The molecule has 0 amide bonds. The molecule has 1 aliphatic heterocycles. The molecule has 8 nitrogen and oxygen atoms in total. The molecule has 1 heterocycles. The summed E-state index contributed by atoms with van der Waals surface area (Å²) in [5.41, 5.74) is 2.32. The average Bonchev–Trinajstić information content (AvgIpc) is 3.27. The summed E-state index contributed by atoms with van der Waals surface area (Å²) < 4.78 is 10.5. The van der Waals surface area contributed by atoms with Crippen LogP contribution in [0.4, 0.5) is 0 Å². The molecule has 0 spiro atoms. The second kappa shape index (κ2) is 7.22. The Morgan fingerprint density at radius 3 is 2.62 bits per heavy atom. The third-order valence-corrected chi connectivity index (χ3v) is 5.37. The molecule has 29 heavy (non-hydrogen) atoms. The number of aliphatic hydroxyl groups excluding tert-OH is 1. The monoisotopic (exact) mass is 419 g/mol. The highest BCUT2D eigenvalue weighted by Crippen LogP contribution is 2.46. The van der Waals surface area contributed by atoms with E-state index in [4.69, 9.17) is 21.1 Å². The summed E-state index contributed by atoms with van der Waals surface area (Å²) in [5, 5.41) is 32.8. The minimum absolute atomic E-state index is 0.0291. The molecule has 0 saturated carbocycles. The van der Waals surface area contributed by atoms with Crippen LogP contribution in [0.5, 0.6) is 11.5 Å². The molecule has 0 aromatic heterocycles. The van der Waals surface area contributed by atoms with Crippen LogP contribution in [0.1, 0.15) is 22.8 Å². The summed E-state index contributed by atoms with van der Waals surface area (Å²) in [4.78, 5) is 22.9. The first-order chi connectivity index (χ1) is 13.8. The van der Waals surface area contributed by atoms with Crippen molar-refractivity contribution in [3.8, 4) is 11.5 Å². The third kappa shape index (κ3) is 3.39. The lowest BCUT2D eigenvalue weighted by Crippen LogP contribution is -2.54. The standard InChI is InChI=1S/C20H18ClNO7/c21-12-3-1-2-11(6-12)15(23)9-22-13-7-10-4-5-16-17(14(10)8-13)29-20(28-16,18(24)25)19(26)27/h1-6,13,15,22-23H,7-9H2,(H,24,25)(H,26,27)/t13-,15?/m1/s1. The zero-order valence-electron chi connectivity index (χ0n) is 15.1. The Morgan fingerprint density at radius 1 is 1.17 bits per heavy atom. The zero-order valence-corrected chi connectivity index (χ0v) is 15.8. The fraction of sp³-hybridized carbons (Fsp3) is 0.300. The summed E-state index contributed by atoms with van der Waals surface area (Å²) in [6, 6.07) is 10.2. The highest BCUT2D eigenvalue weighted by molar-refractivity contribution is 6.30. The molecule has 0 fully saturated rings. The first kappa shape index (κ1) is 19.5. The predicted molar refractivity (Wildman–Crippen MR) is 101 cm³/mol. The Labute approximate surface area is 170 Å². The van der Waals surface area contributed by atoms with Gasteiger partial charge in [-0.1, -0.05) is 29.8 Å². The molecule has 1 aliphatic carbocycles. The number of hydrogen-bond donors (Lipinski definition) is 4. The Morgan fingerprint density at radius 2 is 1.93 bits per heavy atom. The van der Waals surface area contributed by atoms with E-state index < -0.39 is 23.8 Å². The number of rotatable bonds is 6. The number of carboxylic acid groups (broad SMARTS) is 2. The van der Waals surface area contributed by atoms with Gasteiger partial charge in [0.1, 0.15) is 0 Å². The van der Waals surface area contributed by atoms with Crippen LogP contribution in [0.2, 0.25) is 5.02 Å². The Kier molecular flexibility index (Phi) is 4.85. The molecular formula is C20H18ClNO7. The van der Waals surface area contributed by atoms with Crippen LogP contribution in [0.15, 0.2) is 36.4 Å². The van der Waals surface area contributed by atoms with Gasteiger partial charge in [-0.15, -0.1) is 0 Å². The molecule has 2 atom stereocenters. The van der Waals surface area contributed by atoms with Gasteiger partial charge in [0, 0.05) is 23.2 Å². The first-order valence-corrected chi connectivity index (χ1v) is 9.34. The van der Waals surface area contributed by atoms with Crippen LogP contribution in [0.3, 0.4) is 0 Å². The highest BCUT2D eigenvalue weighted by atomic mass is 35.5. The normalized spacial score (nSPS) is 19.6. The van der Waals surface area contributed by atoms with Crippen molar-refractivity contribution in [2.75, 3.05) is 6.54 Å². The van der Waals surface area contributed by atoms with Crippen molar-refractivity contribution in [3.05, 3.63) is 58.1 Å². The van der Waals surface area contributed by atoms with Gasteiger partial charge in [0.2, 0.25) is 0 Å². The fourth-order valence-electron chi connectivity index (χ4n) is 3.68. The van der Waals surface area contributed by atoms with Gasteiger partial charge in [-0.2, -0.15) is 0 Å². The fourth-order valence-corrected chi connectivity index (χ4v) is 3.88. The zero-order chi connectivity index (χ0) is 20.8. The number of benzene rings is 2. The number of aliphatic carboxylic acids is 2. The maximum absolute atomic E-state index is 11.5. The topological polar surface area (TPSA) is 125 Å². The van der Waals surface area contributed by atoms with E-state index in [1.165, 1.54) is 6.07 Å². The van der Waals surface area contributed by atoms with E-state index in [0.29, 0.717) is 35.5 Å². The molecule has 152 valence electrons. The van der Waals surface area contributed by atoms with Gasteiger partial charge in [0.25, 0.3) is 0 Å². The summed E-state index contributed by atoms with van der Waals surface area (Å²) in [6.45, 7) is 0.298. The van der Waals surface area contributed by atoms with Crippen LogP contribution in [-0.4, -0.2) is 45.6 Å². The number of hydrogen-bond acceptors (Lipinski definition) is 6. The highest BCUT2D eigenvalue weighted by Gasteiger charge is 2.58. The summed E-state index contributed by atoms with van der Waals surface area (Å²) in [7, 11) is 0. The second-order valence-electron chi connectivity index (χ2n) is 7.05. The van der Waals surface area contributed by atoms with Crippen LogP contribution in [0.25, 0.3) is 0 Å². The number of fused-ring (bicyclic) bond motifs is 3. The molecule has 9 heteroatoms. The van der Waals surface area contributed by atoms with Gasteiger partial charge in [-0.05, 0) is 42.2 Å². The van der Waals surface area contributed by atoms with Crippen molar-refractivity contribution >= 4 is 23.5 Å². The van der Waals surface area contributed by atoms with Crippen molar-refractivity contribution in [1.82, 2.24) is 5.32 Å². The number of ether oxygens (including phenoxy) is 2. The molecule has 2 aliphatic rings. The molecule has 0 radical (unpaired) electrons. The number of carbonyl (C=O) groups is 2. The lowest BCUT2D eigenvalue weighted by atomic mass is 10.1. The Balaban J connectivity index is 1.47. The molecule has 0 saturated heterocycles. The number of halogens is 1. The molecule has 2 aromatic carbocycles. The minimum Gasteiger partial charge on any atom is -0.475 e. The van der Waals surface area contributed by atoms with E-state index >= 15 is 0 Å². The van der Waals surface area contributed by atoms with E-state index in [9.17, 15) is 24.9 Å². The van der Waals surface area contributed by atoms with Crippen molar-refractivity contribution in [2.45, 2.75) is 30.8 Å². The van der Waals surface area contributed by atoms with E-state index in [-0.39, 0.29) is 17.5 Å². The maximum Gasteiger partial charge on any atom is 0.453 e. The third-order valence-electron chi connectivity index (χ3n) is 5.13. The van der Waals surface area contributed by atoms with Crippen molar-refractivity contribution < 1.29 is 34.4 Å². The van der Waals surface area contributed by atoms with Gasteiger partial charge in [0.15, 0.2) is 11.5 Å². The van der Waals surface area contributed by atoms with Crippen molar-refractivity contribution in [2.24, 2.45) is 0 Å². The van der Waals surface area contributed by atoms with Crippen molar-refractivity contribution in [3.63, 3.8) is 0 Å². The smallest absolute Gasteiger partial charge is 0.453 e. The molecule has 4 rings (SSSR count). The molecular weight excluding hydrogens is 402 g/mol. The van der Waals surface area contributed by atoms with Crippen LogP contribution in [0, 0.1) is 0 Å². The van der Waals surface area contributed by atoms with Gasteiger partial charge < -0.3 is 30.1 Å². The minimum atomic E-state index is -2.77. The van der Waals surface area contributed by atoms with Crippen molar-refractivity contribution in [1.29, 1.82) is 0 Å². The maximum atomic E-state index is 11.5. The molecule has 2 aromatic rings. The molecule has 1 unspecified atom stereocenters. The average molecular weight is 420 g/mol. The number of nitrogens with one attached hydrogen (secondary N) is 1. The van der Waals surface area contributed by atoms with Gasteiger partial charge in [0.05, 0.1) is 6.10 Å². The SMILES string of the molecule is O=C(O)C1(C(=O)O)Oc2ccc3c(c2O1)C[C@H](NCC(O)c1cccc(Cl)c1)C3. The van der Waals surface area contributed by atoms with Crippen LogP contribution >= 0.6 is 11.6 Å². The number of aliphatic hydroxyl groups is 1. The van der Waals surface area contributed by atoms with E-state index in [2.05, 4.69) is 5.32 Å². The van der Waals surface area contributed by atoms with Gasteiger partial charge in [-0.25, -0.2) is 9.59 Å². The Bertz CT molecular complexity index is 979. The van der Waals surface area contributed by atoms with E-state index in [1.807, 2.05) is 0 Å². The van der Waals surface area contributed by atoms with Crippen LogP contribution < -0.4 is 14.8 Å². The first-order valence-electron chi connectivity index (χ1n) is 8.96. The number of carboxylic acids is 2. The summed E-state index contributed by atoms with van der Waals surface area (Å²) >= 11 is 5.96. The van der Waals surface area contributed by atoms with Gasteiger partial charge >= 0.3 is 17.7 Å².